The number of rotatable bonds is 5. The molecule has 4 aromatic rings. The fourth-order valence-electron chi connectivity index (χ4n) is 3.82. The van der Waals surface area contributed by atoms with Crippen molar-refractivity contribution in [2.45, 2.75) is 47.2 Å². The van der Waals surface area contributed by atoms with Crippen LogP contribution in [0.25, 0.3) is 17.1 Å². The van der Waals surface area contributed by atoms with E-state index in [9.17, 15) is 9.59 Å². The van der Waals surface area contributed by atoms with Crippen LogP contribution in [0.3, 0.4) is 0 Å². The molecule has 0 aliphatic heterocycles. The lowest BCUT2D eigenvalue weighted by Crippen LogP contribution is -2.40. The number of nitrogens with zero attached hydrogens (tertiary/aromatic N) is 6. The molecule has 3 heterocycles. The van der Waals surface area contributed by atoms with Crippen molar-refractivity contribution < 1.29 is 0 Å². The number of aryl methyl sites for hydroxylation is 4. The van der Waals surface area contributed by atoms with Crippen LogP contribution < -0.4 is 11.2 Å². The van der Waals surface area contributed by atoms with Crippen LogP contribution in [0, 0.1) is 20.8 Å². The van der Waals surface area contributed by atoms with E-state index in [1.165, 1.54) is 9.13 Å². The Morgan fingerprint density at radius 1 is 1.00 bits per heavy atom. The average Bonchev–Trinajstić information content (AvgIpc) is 3.26. The topological polar surface area (TPSA) is 79.6 Å². The van der Waals surface area contributed by atoms with Gasteiger partial charge in [-0.25, -0.2) is 9.48 Å². The van der Waals surface area contributed by atoms with Crippen molar-refractivity contribution >= 4 is 11.2 Å². The molecule has 156 valence electrons. The van der Waals surface area contributed by atoms with Crippen LogP contribution in [0.5, 0.6) is 0 Å². The minimum Gasteiger partial charge on any atom is -0.303 e. The van der Waals surface area contributed by atoms with Gasteiger partial charge in [0.1, 0.15) is 0 Å². The zero-order valence-electron chi connectivity index (χ0n) is 18.0. The van der Waals surface area contributed by atoms with Crippen molar-refractivity contribution in [3.8, 4) is 5.95 Å². The number of benzene rings is 1. The van der Waals surface area contributed by atoms with Crippen LogP contribution in [0.15, 0.2) is 39.9 Å². The summed E-state index contributed by atoms with van der Waals surface area (Å²) >= 11 is 0. The number of imidazole rings is 1. The van der Waals surface area contributed by atoms with E-state index in [0.29, 0.717) is 36.6 Å². The van der Waals surface area contributed by atoms with Crippen LogP contribution in [-0.2, 0) is 26.6 Å². The Labute approximate surface area is 174 Å². The monoisotopic (exact) mass is 406 g/mol. The zero-order chi connectivity index (χ0) is 21.6. The van der Waals surface area contributed by atoms with Crippen molar-refractivity contribution in [1.29, 1.82) is 0 Å². The van der Waals surface area contributed by atoms with Crippen molar-refractivity contribution in [2.75, 3.05) is 0 Å². The Balaban J connectivity index is 1.92. The quantitative estimate of drug-likeness (QED) is 0.509. The first kappa shape index (κ1) is 19.9. The molecule has 0 aliphatic carbocycles. The summed E-state index contributed by atoms with van der Waals surface area (Å²) in [5, 5.41) is 4.60. The van der Waals surface area contributed by atoms with Gasteiger partial charge in [-0.15, -0.1) is 0 Å². The molecular weight excluding hydrogens is 380 g/mol. The summed E-state index contributed by atoms with van der Waals surface area (Å²) < 4.78 is 6.36. The van der Waals surface area contributed by atoms with Crippen LogP contribution in [-0.4, -0.2) is 28.5 Å². The molecular formula is C22H26N6O2. The maximum atomic E-state index is 13.4. The molecule has 0 N–H and O–H groups in total. The lowest BCUT2D eigenvalue weighted by Gasteiger charge is -2.10. The van der Waals surface area contributed by atoms with E-state index in [2.05, 4.69) is 10.1 Å². The number of hydrogen-bond donors (Lipinski definition) is 0. The fourth-order valence-corrected chi connectivity index (χ4v) is 3.82. The first-order chi connectivity index (χ1) is 14.3. The molecule has 0 saturated carbocycles. The molecule has 0 aliphatic rings. The molecule has 0 unspecified atom stereocenters. The van der Waals surface area contributed by atoms with Gasteiger partial charge in [0.25, 0.3) is 5.56 Å². The Morgan fingerprint density at radius 3 is 2.30 bits per heavy atom. The molecule has 0 spiro atoms. The van der Waals surface area contributed by atoms with E-state index in [0.717, 1.165) is 22.5 Å². The maximum absolute atomic E-state index is 13.4. The normalized spacial score (nSPS) is 11.5. The molecule has 0 amide bonds. The second kappa shape index (κ2) is 7.44. The van der Waals surface area contributed by atoms with Crippen LogP contribution in [0.4, 0.5) is 0 Å². The van der Waals surface area contributed by atoms with Crippen LogP contribution in [0.1, 0.15) is 29.4 Å². The highest BCUT2D eigenvalue weighted by atomic mass is 16.2. The lowest BCUT2D eigenvalue weighted by molar-refractivity contribution is 0.599. The van der Waals surface area contributed by atoms with Gasteiger partial charge in [0.05, 0.1) is 5.69 Å². The van der Waals surface area contributed by atoms with Crippen molar-refractivity contribution in [2.24, 2.45) is 7.05 Å². The number of aromatic nitrogens is 6. The smallest absolute Gasteiger partial charge is 0.303 e. The Bertz CT molecular complexity index is 1350. The van der Waals surface area contributed by atoms with Gasteiger partial charge in [0.15, 0.2) is 11.2 Å². The van der Waals surface area contributed by atoms with E-state index in [4.69, 9.17) is 0 Å². The van der Waals surface area contributed by atoms with Crippen LogP contribution in [0.2, 0.25) is 0 Å². The van der Waals surface area contributed by atoms with Gasteiger partial charge in [-0.1, -0.05) is 30.3 Å². The number of hydrogen-bond acceptors (Lipinski definition) is 4. The molecule has 0 fully saturated rings. The molecule has 3 aromatic heterocycles. The molecule has 4 rings (SSSR count). The minimum absolute atomic E-state index is 0.314. The number of fused-ring (bicyclic) bond motifs is 1. The van der Waals surface area contributed by atoms with Gasteiger partial charge in [-0.3, -0.25) is 13.9 Å². The van der Waals surface area contributed by atoms with Gasteiger partial charge in [-0.05, 0) is 45.2 Å². The Kier molecular flexibility index (Phi) is 4.93. The summed E-state index contributed by atoms with van der Waals surface area (Å²) in [5.74, 6) is 0.550. The third-order valence-electron chi connectivity index (χ3n) is 5.84. The molecule has 0 saturated heterocycles. The lowest BCUT2D eigenvalue weighted by atomic mass is 10.1. The highest BCUT2D eigenvalue weighted by Gasteiger charge is 2.22. The van der Waals surface area contributed by atoms with E-state index in [1.807, 2.05) is 62.6 Å². The SMILES string of the molecule is CCn1c(-n2nc(C)c(C)c2C)nc2c1c(=O)n(CCc1ccccc1)c(=O)n2C. The molecule has 0 bridgehead atoms. The maximum Gasteiger partial charge on any atom is 0.332 e. The predicted molar refractivity (Wildman–Crippen MR) is 116 cm³/mol. The first-order valence-corrected chi connectivity index (χ1v) is 10.1. The van der Waals surface area contributed by atoms with E-state index in [1.54, 1.807) is 11.7 Å². The second-order valence-corrected chi connectivity index (χ2v) is 7.57. The average molecular weight is 406 g/mol. The van der Waals surface area contributed by atoms with Gasteiger partial charge in [-0.2, -0.15) is 10.1 Å². The van der Waals surface area contributed by atoms with E-state index >= 15 is 0 Å². The van der Waals surface area contributed by atoms with Crippen molar-refractivity contribution in [3.05, 3.63) is 73.7 Å². The predicted octanol–water partition coefficient (Wildman–Crippen LogP) is 2.27. The van der Waals surface area contributed by atoms with Gasteiger partial charge < -0.3 is 4.57 Å². The molecule has 30 heavy (non-hydrogen) atoms. The van der Waals surface area contributed by atoms with Gasteiger partial charge in [0.2, 0.25) is 5.95 Å². The molecule has 8 heteroatoms. The van der Waals surface area contributed by atoms with Crippen molar-refractivity contribution in [1.82, 2.24) is 28.5 Å². The summed E-state index contributed by atoms with van der Waals surface area (Å²) in [4.78, 5) is 31.0. The summed E-state index contributed by atoms with van der Waals surface area (Å²) in [6.45, 7) is 8.75. The van der Waals surface area contributed by atoms with Crippen molar-refractivity contribution in [3.63, 3.8) is 0 Å². The highest BCUT2D eigenvalue weighted by molar-refractivity contribution is 5.72. The molecule has 0 atom stereocenters. The van der Waals surface area contributed by atoms with E-state index in [-0.39, 0.29) is 11.2 Å². The Morgan fingerprint density at radius 2 is 1.70 bits per heavy atom. The molecule has 1 aromatic carbocycles. The van der Waals surface area contributed by atoms with Gasteiger partial charge in [0, 0.05) is 25.8 Å². The third kappa shape index (κ3) is 2.99. The summed E-state index contributed by atoms with van der Waals surface area (Å²) in [6, 6.07) is 9.84. The first-order valence-electron chi connectivity index (χ1n) is 10.1. The minimum atomic E-state index is -0.361. The summed E-state index contributed by atoms with van der Waals surface area (Å²) in [7, 11) is 1.66. The summed E-state index contributed by atoms with van der Waals surface area (Å²) in [5.41, 5.74) is 4.16. The highest BCUT2D eigenvalue weighted by Crippen LogP contribution is 2.19. The largest absolute Gasteiger partial charge is 0.332 e. The third-order valence-corrected chi connectivity index (χ3v) is 5.84. The van der Waals surface area contributed by atoms with Gasteiger partial charge >= 0.3 is 5.69 Å². The second-order valence-electron chi connectivity index (χ2n) is 7.57. The fraction of sp³-hybridized carbons (Fsp3) is 0.364. The molecule has 0 radical (unpaired) electrons. The molecule has 8 nitrogen and oxygen atoms in total. The summed E-state index contributed by atoms with van der Waals surface area (Å²) in [6.07, 6.45) is 0.602. The standard InChI is InChI=1S/C22H26N6O2/c1-6-26-18-19(23-21(26)28-16(4)14(2)15(3)24-28)25(5)22(30)27(20(18)29)13-12-17-10-8-7-9-11-17/h7-11H,6,12-13H2,1-5H3. The zero-order valence-corrected chi connectivity index (χ0v) is 18.0. The van der Waals surface area contributed by atoms with Crippen LogP contribution >= 0.6 is 0 Å². The Hall–Kier alpha value is -3.42. The van der Waals surface area contributed by atoms with E-state index < -0.39 is 0 Å².